The fourth-order valence-electron chi connectivity index (χ4n) is 3.43. The highest BCUT2D eigenvalue weighted by Crippen LogP contribution is 2.28. The zero-order valence-corrected chi connectivity index (χ0v) is 13.7. The Labute approximate surface area is 130 Å². The lowest BCUT2D eigenvalue weighted by Crippen LogP contribution is -2.22. The fourth-order valence-corrected chi connectivity index (χ4v) is 3.60. The third-order valence-corrected chi connectivity index (χ3v) is 4.64. The molecule has 0 aliphatic carbocycles. The van der Waals surface area contributed by atoms with Gasteiger partial charge >= 0.3 is 0 Å². The lowest BCUT2D eigenvalue weighted by molar-refractivity contribution is 0.0835. The molecule has 0 bridgehead atoms. The number of nitrogens with zero attached hydrogens (tertiary/aromatic N) is 4. The second-order valence-electron chi connectivity index (χ2n) is 5.83. The van der Waals surface area contributed by atoms with Crippen molar-refractivity contribution in [2.75, 3.05) is 12.5 Å². The average Bonchev–Trinajstić information content (AvgIpc) is 3.11. The maximum Gasteiger partial charge on any atom is 0.158 e. The van der Waals surface area contributed by atoms with Crippen LogP contribution in [0.3, 0.4) is 0 Å². The molecular formula is C15H23ClN4O. The third kappa shape index (κ3) is 2.57. The van der Waals surface area contributed by atoms with Crippen molar-refractivity contribution in [2.24, 2.45) is 13.0 Å². The van der Waals surface area contributed by atoms with Gasteiger partial charge in [0.05, 0.1) is 11.8 Å². The van der Waals surface area contributed by atoms with Crippen LogP contribution in [-0.2, 0) is 24.8 Å². The second-order valence-corrected chi connectivity index (χ2v) is 6.20. The van der Waals surface area contributed by atoms with E-state index in [2.05, 4.69) is 16.6 Å². The molecule has 5 nitrogen and oxygen atoms in total. The molecule has 2 atom stereocenters. The van der Waals surface area contributed by atoms with Crippen LogP contribution in [-0.4, -0.2) is 37.9 Å². The molecule has 6 heteroatoms. The topological polar surface area (TPSA) is 44.9 Å². The van der Waals surface area contributed by atoms with Gasteiger partial charge in [-0.15, -0.1) is 11.6 Å². The summed E-state index contributed by atoms with van der Waals surface area (Å²) in [5.74, 6) is 2.21. The van der Waals surface area contributed by atoms with Crippen LogP contribution < -0.4 is 0 Å². The molecule has 0 N–H and O–H groups in total. The van der Waals surface area contributed by atoms with Crippen LogP contribution >= 0.6 is 11.6 Å². The van der Waals surface area contributed by atoms with Crippen molar-refractivity contribution in [3.05, 3.63) is 11.5 Å². The summed E-state index contributed by atoms with van der Waals surface area (Å²) in [5.41, 5.74) is 3.09. The van der Waals surface area contributed by atoms with E-state index in [1.54, 1.807) is 0 Å². The van der Waals surface area contributed by atoms with Crippen LogP contribution in [0.5, 0.6) is 0 Å². The SMILES string of the molecule is CCC1OCCC1Cn1c(CCCl)nc2c(C)nn(C)c21. The van der Waals surface area contributed by atoms with Crippen molar-refractivity contribution in [3.8, 4) is 0 Å². The van der Waals surface area contributed by atoms with Crippen molar-refractivity contribution >= 4 is 22.8 Å². The first-order chi connectivity index (χ1) is 10.2. The summed E-state index contributed by atoms with van der Waals surface area (Å²) >= 11 is 5.95. The van der Waals surface area contributed by atoms with Gasteiger partial charge in [0.2, 0.25) is 0 Å². The number of fused-ring (bicyclic) bond motifs is 1. The number of rotatable bonds is 5. The minimum atomic E-state index is 0.362. The Hall–Kier alpha value is -1.07. The van der Waals surface area contributed by atoms with Crippen molar-refractivity contribution in [1.82, 2.24) is 19.3 Å². The van der Waals surface area contributed by atoms with E-state index in [4.69, 9.17) is 21.3 Å². The number of hydrogen-bond donors (Lipinski definition) is 0. The van der Waals surface area contributed by atoms with E-state index in [1.807, 2.05) is 18.7 Å². The number of aryl methyl sites for hydroxylation is 3. The summed E-state index contributed by atoms with van der Waals surface area (Å²) in [5, 5.41) is 4.49. The molecule has 0 aromatic carbocycles. The second kappa shape index (κ2) is 5.97. The normalized spacial score (nSPS) is 22.5. The highest BCUT2D eigenvalue weighted by Gasteiger charge is 2.29. The summed E-state index contributed by atoms with van der Waals surface area (Å²) in [6, 6.07) is 0. The molecule has 3 heterocycles. The Bertz CT molecular complexity index is 633. The van der Waals surface area contributed by atoms with Gasteiger partial charge in [-0.25, -0.2) is 4.98 Å². The van der Waals surface area contributed by atoms with Crippen molar-refractivity contribution < 1.29 is 4.74 Å². The molecule has 2 aromatic heterocycles. The minimum Gasteiger partial charge on any atom is -0.378 e. The van der Waals surface area contributed by atoms with Gasteiger partial charge in [0, 0.05) is 38.4 Å². The van der Waals surface area contributed by atoms with E-state index >= 15 is 0 Å². The van der Waals surface area contributed by atoms with E-state index in [0.717, 1.165) is 55.1 Å². The quantitative estimate of drug-likeness (QED) is 0.798. The predicted octanol–water partition coefficient (Wildman–Crippen LogP) is 2.67. The molecule has 0 spiro atoms. The summed E-state index contributed by atoms with van der Waals surface area (Å²) in [4.78, 5) is 4.77. The van der Waals surface area contributed by atoms with Gasteiger partial charge in [-0.2, -0.15) is 5.10 Å². The lowest BCUT2D eigenvalue weighted by atomic mass is 9.99. The monoisotopic (exact) mass is 310 g/mol. The predicted molar refractivity (Wildman–Crippen MR) is 83.8 cm³/mol. The Morgan fingerprint density at radius 1 is 1.43 bits per heavy atom. The highest BCUT2D eigenvalue weighted by atomic mass is 35.5. The molecule has 1 aliphatic rings. The molecule has 21 heavy (non-hydrogen) atoms. The molecule has 3 rings (SSSR count). The average molecular weight is 311 g/mol. The van der Waals surface area contributed by atoms with Crippen LogP contribution in [0, 0.1) is 12.8 Å². The number of alkyl halides is 1. The van der Waals surface area contributed by atoms with Crippen molar-refractivity contribution in [1.29, 1.82) is 0 Å². The molecular weight excluding hydrogens is 288 g/mol. The van der Waals surface area contributed by atoms with E-state index in [-0.39, 0.29) is 0 Å². The summed E-state index contributed by atoms with van der Waals surface area (Å²) in [6.45, 7) is 6.02. The molecule has 1 fully saturated rings. The molecule has 0 amide bonds. The van der Waals surface area contributed by atoms with Crippen LogP contribution in [0.2, 0.25) is 0 Å². The van der Waals surface area contributed by atoms with Crippen molar-refractivity contribution in [2.45, 2.75) is 45.8 Å². The van der Waals surface area contributed by atoms with E-state index in [0.29, 0.717) is 17.9 Å². The standard InChI is InChI=1S/C15H23ClN4O/c1-4-12-11(6-8-21-12)9-20-13(5-7-16)17-14-10(2)18-19(3)15(14)20/h11-12H,4-9H2,1-3H3. The minimum absolute atomic E-state index is 0.362. The van der Waals surface area contributed by atoms with Gasteiger partial charge in [-0.1, -0.05) is 6.92 Å². The van der Waals surface area contributed by atoms with Crippen LogP contribution in [0.25, 0.3) is 11.2 Å². The lowest BCUT2D eigenvalue weighted by Gasteiger charge is -2.19. The molecule has 1 aliphatic heterocycles. The van der Waals surface area contributed by atoms with Gasteiger partial charge in [0.25, 0.3) is 0 Å². The fraction of sp³-hybridized carbons (Fsp3) is 0.733. The summed E-state index contributed by atoms with van der Waals surface area (Å²) < 4.78 is 10.1. The van der Waals surface area contributed by atoms with Crippen LogP contribution in [0.1, 0.15) is 31.3 Å². The van der Waals surface area contributed by atoms with Crippen molar-refractivity contribution in [3.63, 3.8) is 0 Å². The number of imidazole rings is 1. The number of ether oxygens (including phenoxy) is 1. The first-order valence-corrected chi connectivity index (χ1v) is 8.25. The van der Waals surface area contributed by atoms with Crippen LogP contribution in [0.15, 0.2) is 0 Å². The third-order valence-electron chi connectivity index (χ3n) is 4.45. The Balaban J connectivity index is 2.00. The maximum absolute atomic E-state index is 5.95. The molecule has 2 aromatic rings. The van der Waals surface area contributed by atoms with Gasteiger partial charge in [0.15, 0.2) is 5.65 Å². The summed E-state index contributed by atoms with van der Waals surface area (Å²) in [6.07, 6.45) is 3.34. The van der Waals surface area contributed by atoms with Gasteiger partial charge in [0.1, 0.15) is 11.3 Å². The largest absolute Gasteiger partial charge is 0.378 e. The van der Waals surface area contributed by atoms with Gasteiger partial charge in [-0.05, 0) is 19.8 Å². The number of halogens is 1. The van der Waals surface area contributed by atoms with Gasteiger partial charge < -0.3 is 9.30 Å². The smallest absolute Gasteiger partial charge is 0.158 e. The Morgan fingerprint density at radius 3 is 2.95 bits per heavy atom. The Morgan fingerprint density at radius 2 is 2.24 bits per heavy atom. The Kier molecular flexibility index (Phi) is 4.22. The highest BCUT2D eigenvalue weighted by molar-refractivity contribution is 6.17. The maximum atomic E-state index is 5.95. The van der Waals surface area contributed by atoms with Crippen LogP contribution in [0.4, 0.5) is 0 Å². The molecule has 0 saturated carbocycles. The van der Waals surface area contributed by atoms with E-state index in [9.17, 15) is 0 Å². The zero-order chi connectivity index (χ0) is 15.0. The molecule has 2 unspecified atom stereocenters. The van der Waals surface area contributed by atoms with E-state index < -0.39 is 0 Å². The first-order valence-electron chi connectivity index (χ1n) is 7.72. The molecule has 1 saturated heterocycles. The summed E-state index contributed by atoms with van der Waals surface area (Å²) in [7, 11) is 1.99. The first kappa shape index (κ1) is 14.9. The number of hydrogen-bond acceptors (Lipinski definition) is 3. The molecule has 0 radical (unpaired) electrons. The van der Waals surface area contributed by atoms with E-state index in [1.165, 1.54) is 0 Å². The zero-order valence-electron chi connectivity index (χ0n) is 13.0. The number of aromatic nitrogens is 4. The van der Waals surface area contributed by atoms with Gasteiger partial charge in [-0.3, -0.25) is 4.68 Å². The molecule has 116 valence electrons.